The van der Waals surface area contributed by atoms with E-state index in [0.29, 0.717) is 45.1 Å². The van der Waals surface area contributed by atoms with Crippen LogP contribution in [0.3, 0.4) is 0 Å². The van der Waals surface area contributed by atoms with Crippen LogP contribution in [0.2, 0.25) is 0 Å². The molecule has 5 heterocycles. The Balaban J connectivity index is 1.30. The number of imidazole rings is 1. The number of benzene rings is 3. The van der Waals surface area contributed by atoms with Gasteiger partial charge in [0.25, 0.3) is 0 Å². The second-order valence-corrected chi connectivity index (χ2v) is 12.8. The van der Waals surface area contributed by atoms with Crippen LogP contribution in [0.25, 0.3) is 39.0 Å². The number of aromatic nitrogens is 7. The second-order valence-electron chi connectivity index (χ2n) is 12.8. The number of hydrogen-bond donors (Lipinski definition) is 1. The lowest BCUT2D eigenvalue weighted by molar-refractivity contribution is 0.0910. The minimum absolute atomic E-state index is 0.0515. The van der Waals surface area contributed by atoms with Crippen molar-refractivity contribution in [3.8, 4) is 23.3 Å². The molecule has 8 rings (SSSR count). The van der Waals surface area contributed by atoms with Gasteiger partial charge in [-0.25, -0.2) is 18.3 Å². The molecule has 1 N–H and O–H groups in total. The predicted octanol–water partition coefficient (Wildman–Crippen LogP) is 6.10. The number of aryl methyl sites for hydroxylation is 3. The van der Waals surface area contributed by atoms with E-state index in [-0.39, 0.29) is 35.8 Å². The zero-order valence-electron chi connectivity index (χ0n) is 27.6. The lowest BCUT2D eigenvalue weighted by atomic mass is 9.80. The maximum absolute atomic E-state index is 15.8. The summed E-state index contributed by atoms with van der Waals surface area (Å²) in [5.74, 6) is -1.24. The monoisotopic (exact) mass is 671 g/mol. The largest absolute Gasteiger partial charge is 0.368 e. The third-order valence-electron chi connectivity index (χ3n) is 9.85. The molecular formula is C37H31F2N9O2. The van der Waals surface area contributed by atoms with Crippen LogP contribution in [0, 0.1) is 42.7 Å². The Morgan fingerprint density at radius 2 is 1.76 bits per heavy atom. The molecule has 1 aliphatic rings. The SMILES string of the molecule is Cc1cc(-n2nc3c(c2-n2ccn(-c4ccc5c(cnn5C)c4F)c2=O)[C@@H](C)C(C(=O)c2cn(CC#N)c4ccccc24)CN3)cc(C)c1F. The molecule has 7 aromatic rings. The summed E-state index contributed by atoms with van der Waals surface area (Å²) in [4.78, 5) is 28.7. The van der Waals surface area contributed by atoms with Crippen molar-refractivity contribution in [3.63, 3.8) is 0 Å². The summed E-state index contributed by atoms with van der Waals surface area (Å²) in [7, 11) is 1.71. The van der Waals surface area contributed by atoms with Gasteiger partial charge in [0.15, 0.2) is 17.4 Å². The van der Waals surface area contributed by atoms with Crippen LogP contribution < -0.4 is 11.0 Å². The predicted molar refractivity (Wildman–Crippen MR) is 184 cm³/mol. The lowest BCUT2D eigenvalue weighted by Crippen LogP contribution is -2.33. The molecule has 50 heavy (non-hydrogen) atoms. The average Bonchev–Trinajstić information content (AvgIpc) is 3.88. The quantitative estimate of drug-likeness (QED) is 0.213. The summed E-state index contributed by atoms with van der Waals surface area (Å²) in [6.45, 7) is 5.61. The van der Waals surface area contributed by atoms with Crippen LogP contribution in [-0.2, 0) is 13.6 Å². The summed E-state index contributed by atoms with van der Waals surface area (Å²) in [6.07, 6.45) is 6.18. The molecule has 0 aliphatic carbocycles. The van der Waals surface area contributed by atoms with Gasteiger partial charge >= 0.3 is 5.69 Å². The van der Waals surface area contributed by atoms with Crippen molar-refractivity contribution >= 4 is 33.4 Å². The molecule has 0 radical (unpaired) electrons. The second kappa shape index (κ2) is 11.4. The first-order chi connectivity index (χ1) is 24.1. The molecule has 1 aliphatic heterocycles. The van der Waals surface area contributed by atoms with Gasteiger partial charge in [-0.2, -0.15) is 10.4 Å². The minimum Gasteiger partial charge on any atom is -0.368 e. The number of nitriles is 1. The van der Waals surface area contributed by atoms with Crippen LogP contribution in [0.1, 0.15) is 39.9 Å². The van der Waals surface area contributed by atoms with Crippen molar-refractivity contribution in [2.45, 2.75) is 33.2 Å². The van der Waals surface area contributed by atoms with Crippen molar-refractivity contribution in [1.82, 2.24) is 33.3 Å². The normalized spacial score (nSPS) is 15.7. The smallest absolute Gasteiger partial charge is 0.338 e. The zero-order valence-corrected chi connectivity index (χ0v) is 27.6. The minimum atomic E-state index is -0.591. The van der Waals surface area contributed by atoms with E-state index in [2.05, 4.69) is 16.5 Å². The molecule has 0 fully saturated rings. The molecule has 4 aromatic heterocycles. The van der Waals surface area contributed by atoms with Crippen LogP contribution in [-0.4, -0.2) is 45.6 Å². The number of fused-ring (bicyclic) bond motifs is 3. The fraction of sp³-hybridized carbons (Fsp3) is 0.216. The van der Waals surface area contributed by atoms with E-state index >= 15 is 4.39 Å². The molecule has 13 heteroatoms. The van der Waals surface area contributed by atoms with Crippen LogP contribution >= 0.6 is 0 Å². The molecule has 0 bridgehead atoms. The van der Waals surface area contributed by atoms with Crippen molar-refractivity contribution in [3.05, 3.63) is 118 Å². The van der Waals surface area contributed by atoms with Gasteiger partial charge in [-0.3, -0.25) is 18.6 Å². The molecule has 0 spiro atoms. The first kappa shape index (κ1) is 31.0. The summed E-state index contributed by atoms with van der Waals surface area (Å²) >= 11 is 0. The van der Waals surface area contributed by atoms with Crippen molar-refractivity contribution in [2.75, 3.05) is 11.9 Å². The lowest BCUT2D eigenvalue weighted by Gasteiger charge is -2.29. The standard InChI is InChI=1S/C37H31F2N9O2/c1-20-15-23(16-21(2)32(20)38)48-36(47-14-13-46(37(47)50)30-10-9-28-26(33(30)39)18-42-44(28)4)31-22(3)25(17-41-35(31)43-48)34(49)27-19-45(12-11-40)29-8-6-5-7-24(27)29/h5-10,13-16,18-19,22,25H,12,17H2,1-4H3,(H,41,43)/t22-,25?/m0/s1. The molecule has 11 nitrogen and oxygen atoms in total. The highest BCUT2D eigenvalue weighted by Gasteiger charge is 2.39. The fourth-order valence-corrected chi connectivity index (χ4v) is 7.27. The van der Waals surface area contributed by atoms with Crippen molar-refractivity contribution < 1.29 is 13.6 Å². The number of carbonyl (C=O) groups excluding carboxylic acids is 1. The number of nitrogens with one attached hydrogen (secondary N) is 1. The van der Waals surface area contributed by atoms with E-state index < -0.39 is 23.3 Å². The van der Waals surface area contributed by atoms with Gasteiger partial charge in [0.2, 0.25) is 0 Å². The third-order valence-corrected chi connectivity index (χ3v) is 9.85. The Hall–Kier alpha value is -6.29. The van der Waals surface area contributed by atoms with E-state index in [9.17, 15) is 19.2 Å². The van der Waals surface area contributed by atoms with Gasteiger partial charge in [0, 0.05) is 66.0 Å². The summed E-state index contributed by atoms with van der Waals surface area (Å²) in [6, 6.07) is 16.2. The topological polar surface area (TPSA) is 120 Å². The molecule has 0 saturated carbocycles. The van der Waals surface area contributed by atoms with Gasteiger partial charge in [-0.1, -0.05) is 25.1 Å². The molecule has 0 amide bonds. The Bertz CT molecular complexity index is 2610. The summed E-state index contributed by atoms with van der Waals surface area (Å²) < 4.78 is 38.1. The number of halogens is 2. The number of carbonyl (C=O) groups is 1. The molecule has 1 unspecified atom stereocenters. The van der Waals surface area contributed by atoms with E-state index in [0.717, 1.165) is 10.9 Å². The van der Waals surface area contributed by atoms with Crippen LogP contribution in [0.15, 0.2) is 78.1 Å². The maximum atomic E-state index is 15.8. The Labute approximate surface area is 284 Å². The van der Waals surface area contributed by atoms with Crippen LogP contribution in [0.5, 0.6) is 0 Å². The number of ketones is 1. The molecule has 3 aromatic carbocycles. The summed E-state index contributed by atoms with van der Waals surface area (Å²) in [5.41, 5.74) is 3.29. The molecular weight excluding hydrogens is 640 g/mol. The number of hydrogen-bond acceptors (Lipinski definition) is 6. The highest BCUT2D eigenvalue weighted by molar-refractivity contribution is 6.10. The summed E-state index contributed by atoms with van der Waals surface area (Å²) in [5, 5.41) is 22.8. The average molecular weight is 672 g/mol. The van der Waals surface area contributed by atoms with Gasteiger partial charge in [-0.15, -0.1) is 5.10 Å². The highest BCUT2D eigenvalue weighted by atomic mass is 19.1. The van der Waals surface area contributed by atoms with Gasteiger partial charge in [0.1, 0.15) is 18.2 Å². The number of rotatable bonds is 6. The Morgan fingerprint density at radius 1 is 1.02 bits per heavy atom. The Kier molecular flexibility index (Phi) is 7.07. The van der Waals surface area contributed by atoms with E-state index in [1.165, 1.54) is 27.6 Å². The highest BCUT2D eigenvalue weighted by Crippen LogP contribution is 2.42. The van der Waals surface area contributed by atoms with E-state index in [1.54, 1.807) is 65.4 Å². The maximum Gasteiger partial charge on any atom is 0.338 e. The molecule has 250 valence electrons. The Morgan fingerprint density at radius 3 is 2.52 bits per heavy atom. The third kappa shape index (κ3) is 4.52. The van der Waals surface area contributed by atoms with Gasteiger partial charge in [0.05, 0.1) is 34.5 Å². The van der Waals surface area contributed by atoms with Crippen molar-refractivity contribution in [2.24, 2.45) is 13.0 Å². The number of anilines is 1. The number of Topliss-reactive ketones (excluding diaryl/α,β-unsaturated/α-hetero) is 1. The number of para-hydroxylation sites is 1. The van der Waals surface area contributed by atoms with E-state index in [1.807, 2.05) is 31.2 Å². The molecule has 2 atom stereocenters. The zero-order chi connectivity index (χ0) is 35.0. The molecule has 0 saturated heterocycles. The first-order valence-corrected chi connectivity index (χ1v) is 16.1. The van der Waals surface area contributed by atoms with Crippen molar-refractivity contribution in [1.29, 1.82) is 5.26 Å². The van der Waals surface area contributed by atoms with E-state index in [4.69, 9.17) is 5.10 Å². The fourth-order valence-electron chi connectivity index (χ4n) is 7.27. The first-order valence-electron chi connectivity index (χ1n) is 16.1. The number of nitrogens with zero attached hydrogens (tertiary/aromatic N) is 8. The van der Waals surface area contributed by atoms with Gasteiger partial charge in [-0.05, 0) is 55.3 Å². The van der Waals surface area contributed by atoms with Gasteiger partial charge < -0.3 is 9.88 Å². The van der Waals surface area contributed by atoms with Crippen LogP contribution in [0.4, 0.5) is 14.6 Å².